The van der Waals surface area contributed by atoms with Gasteiger partial charge < -0.3 is 28.2 Å². The second-order valence-electron chi connectivity index (χ2n) is 11.5. The van der Waals surface area contributed by atoms with Gasteiger partial charge in [-0.15, -0.1) is 0 Å². The van der Waals surface area contributed by atoms with E-state index in [-0.39, 0.29) is 17.9 Å². The highest BCUT2D eigenvalue weighted by atomic mass is 16.5. The Kier molecular flexibility index (Phi) is 7.48. The molecule has 2 aliphatic rings. The van der Waals surface area contributed by atoms with Crippen molar-refractivity contribution in [3.63, 3.8) is 0 Å². The van der Waals surface area contributed by atoms with Gasteiger partial charge in [0, 0.05) is 43.3 Å². The Morgan fingerprint density at radius 3 is 2.69 bits per heavy atom. The van der Waals surface area contributed by atoms with Crippen molar-refractivity contribution >= 4 is 45.7 Å². The molecule has 1 saturated heterocycles. The Morgan fingerprint density at radius 2 is 1.87 bits per heavy atom. The van der Waals surface area contributed by atoms with Crippen LogP contribution in [0.25, 0.3) is 33.5 Å². The van der Waals surface area contributed by atoms with E-state index >= 15 is 0 Å². The minimum atomic E-state index is -0.384. The largest absolute Gasteiger partial charge is 0.493 e. The highest BCUT2D eigenvalue weighted by Gasteiger charge is 2.32. The molecule has 0 bridgehead atoms. The maximum absolute atomic E-state index is 13.2. The zero-order valence-corrected chi connectivity index (χ0v) is 25.7. The SMILES string of the molecule is COC(=O)c1ccc2nc(-c3cc4ccccc4n3C)n(CCCCOc3cc4c(cc3OC)C(=O)N3CCC[C@H]3C=N4)c2c1. The molecule has 5 aromatic rings. The molecular weight excluding hydrogens is 570 g/mol. The topological polar surface area (TPSA) is 100 Å². The van der Waals surface area contributed by atoms with Crippen LogP contribution in [0, 0.1) is 0 Å². The summed E-state index contributed by atoms with van der Waals surface area (Å²) in [6, 6.07) is 19.5. The summed E-state index contributed by atoms with van der Waals surface area (Å²) in [7, 11) is 5.01. The number of carbonyl (C=O) groups is 2. The standard InChI is InChI=1S/C35H35N5O5/c1-38-28-11-5-4-9-22(28)17-30(38)33-37-26-13-12-23(35(42)44-3)18-29(26)40(33)14-6-7-16-45-32-20-27-25(19-31(32)43-2)34(41)39-15-8-10-24(39)21-36-27/h4-5,9,11-13,17-21,24H,6-8,10,14-16H2,1-3H3/t24-/m0/s1. The van der Waals surface area contributed by atoms with Gasteiger partial charge in [0.25, 0.3) is 5.91 Å². The summed E-state index contributed by atoms with van der Waals surface area (Å²) in [5, 5.41) is 1.14. The van der Waals surface area contributed by atoms with E-state index in [1.165, 1.54) is 7.11 Å². The van der Waals surface area contributed by atoms with E-state index in [4.69, 9.17) is 19.2 Å². The first-order valence-electron chi connectivity index (χ1n) is 15.3. The molecule has 3 aromatic carbocycles. The monoisotopic (exact) mass is 605 g/mol. The van der Waals surface area contributed by atoms with Gasteiger partial charge in [-0.25, -0.2) is 9.78 Å². The number of carbonyl (C=O) groups excluding carboxylic acids is 2. The van der Waals surface area contributed by atoms with Gasteiger partial charge in [0.1, 0.15) is 0 Å². The van der Waals surface area contributed by atoms with E-state index in [9.17, 15) is 9.59 Å². The van der Waals surface area contributed by atoms with Gasteiger partial charge >= 0.3 is 5.97 Å². The fraction of sp³-hybridized carbons (Fsp3) is 0.314. The van der Waals surface area contributed by atoms with Crippen LogP contribution in [0.15, 0.2) is 65.7 Å². The number of amides is 1. The first kappa shape index (κ1) is 28.6. The van der Waals surface area contributed by atoms with Crippen molar-refractivity contribution in [2.45, 2.75) is 38.3 Å². The predicted molar refractivity (Wildman–Crippen MR) is 173 cm³/mol. The molecule has 0 unspecified atom stereocenters. The van der Waals surface area contributed by atoms with Gasteiger partial charge in [0.05, 0.1) is 60.4 Å². The average molecular weight is 606 g/mol. The van der Waals surface area contributed by atoms with Gasteiger partial charge in [-0.3, -0.25) is 9.79 Å². The quantitative estimate of drug-likeness (QED) is 0.147. The normalized spacial score (nSPS) is 15.8. The molecule has 1 fully saturated rings. The van der Waals surface area contributed by atoms with Gasteiger partial charge in [-0.1, -0.05) is 18.2 Å². The highest BCUT2D eigenvalue weighted by Crippen LogP contribution is 2.38. The number of hydrogen-bond acceptors (Lipinski definition) is 7. The number of aryl methyl sites for hydroxylation is 2. The molecule has 0 saturated carbocycles. The number of benzene rings is 3. The van der Waals surface area contributed by atoms with Crippen LogP contribution in [0.3, 0.4) is 0 Å². The van der Waals surface area contributed by atoms with E-state index in [2.05, 4.69) is 32.3 Å². The molecule has 0 N–H and O–H groups in total. The first-order chi connectivity index (χ1) is 22.0. The lowest BCUT2D eigenvalue weighted by atomic mass is 10.1. The fourth-order valence-corrected chi connectivity index (χ4v) is 6.47. The molecule has 2 aromatic heterocycles. The Balaban J connectivity index is 1.12. The van der Waals surface area contributed by atoms with E-state index in [1.807, 2.05) is 42.4 Å². The number of unbranched alkanes of at least 4 members (excludes halogenated alkanes) is 1. The van der Waals surface area contributed by atoms with Crippen LogP contribution in [0.1, 0.15) is 46.4 Å². The molecule has 230 valence electrons. The number of imidazole rings is 1. The van der Waals surface area contributed by atoms with Crippen molar-refractivity contribution in [1.82, 2.24) is 19.0 Å². The molecule has 1 amide bonds. The number of methoxy groups -OCH3 is 2. The molecule has 10 nitrogen and oxygen atoms in total. The van der Waals surface area contributed by atoms with Crippen LogP contribution >= 0.6 is 0 Å². The molecule has 7 rings (SSSR count). The smallest absolute Gasteiger partial charge is 0.337 e. The van der Waals surface area contributed by atoms with Crippen LogP contribution in [-0.4, -0.2) is 70.5 Å². The lowest BCUT2D eigenvalue weighted by molar-refractivity contribution is 0.0600. The number of aliphatic imine (C=N–C) groups is 1. The van der Waals surface area contributed by atoms with Crippen LogP contribution < -0.4 is 9.47 Å². The van der Waals surface area contributed by atoms with Crippen molar-refractivity contribution in [3.8, 4) is 23.0 Å². The first-order valence-corrected chi connectivity index (χ1v) is 15.3. The van der Waals surface area contributed by atoms with E-state index in [0.29, 0.717) is 41.5 Å². The molecule has 10 heteroatoms. The zero-order chi connectivity index (χ0) is 31.1. The third-order valence-corrected chi connectivity index (χ3v) is 8.84. The summed E-state index contributed by atoms with van der Waals surface area (Å²) in [5.74, 6) is 1.52. The van der Waals surface area contributed by atoms with Crippen molar-refractivity contribution in [3.05, 3.63) is 71.8 Å². The molecule has 4 heterocycles. The lowest BCUT2D eigenvalue weighted by Gasteiger charge is -2.20. The predicted octanol–water partition coefficient (Wildman–Crippen LogP) is 6.17. The molecule has 0 aliphatic carbocycles. The van der Waals surface area contributed by atoms with Crippen molar-refractivity contribution in [1.29, 1.82) is 0 Å². The summed E-state index contributed by atoms with van der Waals surface area (Å²) in [6.45, 7) is 1.86. The molecule has 2 aliphatic heterocycles. The van der Waals surface area contributed by atoms with Crippen molar-refractivity contribution in [2.75, 3.05) is 27.4 Å². The van der Waals surface area contributed by atoms with Gasteiger partial charge in [0.15, 0.2) is 17.3 Å². The Morgan fingerprint density at radius 1 is 1.00 bits per heavy atom. The van der Waals surface area contributed by atoms with Gasteiger partial charge in [-0.05, 0) is 62.1 Å². The van der Waals surface area contributed by atoms with Crippen LogP contribution in [0.2, 0.25) is 0 Å². The Hall–Kier alpha value is -5.12. The maximum Gasteiger partial charge on any atom is 0.337 e. The Labute approximate surface area is 260 Å². The second-order valence-corrected chi connectivity index (χ2v) is 11.5. The third-order valence-electron chi connectivity index (χ3n) is 8.84. The number of aromatic nitrogens is 3. The minimum Gasteiger partial charge on any atom is -0.493 e. The number of hydrogen-bond donors (Lipinski definition) is 0. The number of ether oxygens (including phenoxy) is 3. The number of nitrogens with zero attached hydrogens (tertiary/aromatic N) is 5. The fourth-order valence-electron chi connectivity index (χ4n) is 6.47. The maximum atomic E-state index is 13.2. The van der Waals surface area contributed by atoms with E-state index < -0.39 is 0 Å². The summed E-state index contributed by atoms with van der Waals surface area (Å²) >= 11 is 0. The second kappa shape index (κ2) is 11.8. The number of fused-ring (bicyclic) bond motifs is 4. The van der Waals surface area contributed by atoms with Crippen molar-refractivity contribution in [2.24, 2.45) is 12.0 Å². The van der Waals surface area contributed by atoms with Crippen LogP contribution in [0.5, 0.6) is 11.5 Å². The lowest BCUT2D eigenvalue weighted by Crippen LogP contribution is -2.35. The highest BCUT2D eigenvalue weighted by molar-refractivity contribution is 6.03. The summed E-state index contributed by atoms with van der Waals surface area (Å²) in [4.78, 5) is 37.1. The van der Waals surface area contributed by atoms with Gasteiger partial charge in [-0.2, -0.15) is 0 Å². The number of esters is 1. The van der Waals surface area contributed by atoms with E-state index in [0.717, 1.165) is 65.7 Å². The molecule has 0 radical (unpaired) electrons. The van der Waals surface area contributed by atoms with Crippen molar-refractivity contribution < 1.29 is 23.8 Å². The minimum absolute atomic E-state index is 0.0142. The molecular formula is C35H35N5O5. The Bertz CT molecular complexity index is 1970. The van der Waals surface area contributed by atoms with E-state index in [1.54, 1.807) is 25.3 Å². The zero-order valence-electron chi connectivity index (χ0n) is 25.7. The summed E-state index contributed by atoms with van der Waals surface area (Å²) in [5.41, 5.74) is 5.42. The van der Waals surface area contributed by atoms with Gasteiger partial charge in [0.2, 0.25) is 0 Å². The summed E-state index contributed by atoms with van der Waals surface area (Å²) < 4.78 is 21.1. The molecule has 1 atom stereocenters. The third kappa shape index (κ3) is 5.09. The van der Waals surface area contributed by atoms with Crippen LogP contribution in [0.4, 0.5) is 5.69 Å². The number of para-hydroxylation sites is 1. The molecule has 45 heavy (non-hydrogen) atoms. The number of rotatable bonds is 9. The average Bonchev–Trinajstić information content (AvgIpc) is 3.76. The molecule has 0 spiro atoms. The summed E-state index contributed by atoms with van der Waals surface area (Å²) in [6.07, 6.45) is 5.35. The van der Waals surface area contributed by atoms with Crippen LogP contribution in [-0.2, 0) is 18.3 Å².